The van der Waals surface area contributed by atoms with Crippen LogP contribution < -0.4 is 5.73 Å². The van der Waals surface area contributed by atoms with Crippen molar-refractivity contribution in [1.82, 2.24) is 9.78 Å². The summed E-state index contributed by atoms with van der Waals surface area (Å²) in [5.74, 6) is -0.598. The van der Waals surface area contributed by atoms with Crippen molar-refractivity contribution in [3.05, 3.63) is 46.2 Å². The number of halogens is 1. The van der Waals surface area contributed by atoms with E-state index in [1.807, 2.05) is 0 Å². The lowest BCUT2D eigenvalue weighted by Crippen LogP contribution is -2.12. The second-order valence-electron chi connectivity index (χ2n) is 3.28. The van der Waals surface area contributed by atoms with Crippen LogP contribution in [0.1, 0.15) is 16.1 Å². The lowest BCUT2D eigenvalue weighted by atomic mass is 10.2. The number of nitrogens with zero attached hydrogens (tertiary/aromatic N) is 3. The third-order valence-electron chi connectivity index (χ3n) is 2.17. The zero-order valence-corrected chi connectivity index (χ0v) is 10.2. The summed E-state index contributed by atoms with van der Waals surface area (Å²) >= 11 is 3.28. The van der Waals surface area contributed by atoms with Crippen LogP contribution in [0.3, 0.4) is 0 Å². The number of hydrogen-bond donors (Lipinski definition) is 1. The van der Waals surface area contributed by atoms with E-state index in [0.717, 1.165) is 4.47 Å². The molecule has 0 saturated heterocycles. The number of primary amides is 1. The first-order valence-corrected chi connectivity index (χ1v) is 5.46. The number of carbonyl (C=O) groups excluding carboxylic acids is 1. The molecule has 0 aliphatic carbocycles. The van der Waals surface area contributed by atoms with Crippen LogP contribution in [0, 0.1) is 11.3 Å². The smallest absolute Gasteiger partial charge is 0.269 e. The van der Waals surface area contributed by atoms with E-state index < -0.39 is 5.91 Å². The Balaban J connectivity index is 2.53. The molecule has 84 valence electrons. The molecule has 1 amide bonds. The summed E-state index contributed by atoms with van der Waals surface area (Å²) in [5, 5.41) is 13.0. The van der Waals surface area contributed by atoms with Crippen molar-refractivity contribution in [2.75, 3.05) is 0 Å². The number of nitrogens with two attached hydrogens (primary N) is 1. The first kappa shape index (κ1) is 11.4. The summed E-state index contributed by atoms with van der Waals surface area (Å²) in [5.41, 5.74) is 6.33. The molecule has 5 nitrogen and oxygen atoms in total. The van der Waals surface area contributed by atoms with Gasteiger partial charge in [0.25, 0.3) is 5.91 Å². The van der Waals surface area contributed by atoms with Crippen LogP contribution in [-0.2, 0) is 0 Å². The van der Waals surface area contributed by atoms with E-state index in [1.54, 1.807) is 24.4 Å². The highest BCUT2D eigenvalue weighted by atomic mass is 79.9. The fourth-order valence-electron chi connectivity index (χ4n) is 1.39. The molecule has 1 aromatic carbocycles. The first-order valence-electron chi connectivity index (χ1n) is 4.67. The third-order valence-corrected chi connectivity index (χ3v) is 2.66. The fourth-order valence-corrected chi connectivity index (χ4v) is 1.75. The number of hydrogen-bond acceptors (Lipinski definition) is 3. The van der Waals surface area contributed by atoms with Crippen molar-refractivity contribution in [3.63, 3.8) is 0 Å². The largest absolute Gasteiger partial charge is 0.364 e. The molecule has 2 N–H and O–H groups in total. The standard InChI is InChI=1S/C11H7BrN4O/c12-8-1-2-10(7(5-8)6-13)16-4-3-9(15-16)11(14)17/h1-5H,(H2,14,17). The molecule has 1 aromatic heterocycles. The zero-order valence-electron chi connectivity index (χ0n) is 8.59. The van der Waals surface area contributed by atoms with Crippen LogP contribution in [0.2, 0.25) is 0 Å². The molecule has 17 heavy (non-hydrogen) atoms. The number of aromatic nitrogens is 2. The van der Waals surface area contributed by atoms with E-state index in [4.69, 9.17) is 11.0 Å². The Labute approximate surface area is 106 Å². The Kier molecular flexibility index (Phi) is 2.93. The number of nitriles is 1. The van der Waals surface area contributed by atoms with E-state index >= 15 is 0 Å². The SMILES string of the molecule is N#Cc1cc(Br)ccc1-n1ccc(C(N)=O)n1. The van der Waals surface area contributed by atoms with Crippen LogP contribution in [0.15, 0.2) is 34.9 Å². The Morgan fingerprint density at radius 1 is 1.47 bits per heavy atom. The number of amides is 1. The maximum absolute atomic E-state index is 10.9. The minimum absolute atomic E-state index is 0.164. The molecule has 0 saturated carbocycles. The van der Waals surface area contributed by atoms with Gasteiger partial charge >= 0.3 is 0 Å². The summed E-state index contributed by atoms with van der Waals surface area (Å²) in [6, 6.07) is 8.78. The normalized spacial score (nSPS) is 9.88. The predicted molar refractivity (Wildman–Crippen MR) is 64.5 cm³/mol. The van der Waals surface area contributed by atoms with Gasteiger partial charge in [0.1, 0.15) is 11.8 Å². The fraction of sp³-hybridized carbons (Fsp3) is 0. The van der Waals surface area contributed by atoms with Crippen LogP contribution in [0.4, 0.5) is 0 Å². The van der Waals surface area contributed by atoms with Crippen molar-refractivity contribution in [2.24, 2.45) is 5.73 Å². The Bertz CT molecular complexity index is 627. The molecule has 0 bridgehead atoms. The average Bonchev–Trinajstić information content (AvgIpc) is 2.78. The molecule has 0 aliphatic heterocycles. The van der Waals surface area contributed by atoms with Gasteiger partial charge in [0.2, 0.25) is 0 Å². The van der Waals surface area contributed by atoms with Crippen molar-refractivity contribution in [1.29, 1.82) is 5.26 Å². The van der Waals surface area contributed by atoms with Gasteiger partial charge in [0.15, 0.2) is 0 Å². The second-order valence-corrected chi connectivity index (χ2v) is 4.20. The molecular formula is C11H7BrN4O. The highest BCUT2D eigenvalue weighted by molar-refractivity contribution is 9.10. The molecule has 0 radical (unpaired) electrons. The summed E-state index contributed by atoms with van der Waals surface area (Å²) < 4.78 is 2.26. The topological polar surface area (TPSA) is 84.7 Å². The van der Waals surface area contributed by atoms with Gasteiger partial charge in [-0.3, -0.25) is 4.79 Å². The van der Waals surface area contributed by atoms with Gasteiger partial charge in [-0.2, -0.15) is 10.4 Å². The van der Waals surface area contributed by atoms with Crippen molar-refractivity contribution >= 4 is 21.8 Å². The van der Waals surface area contributed by atoms with Crippen LogP contribution >= 0.6 is 15.9 Å². The van der Waals surface area contributed by atoms with Gasteiger partial charge in [0.05, 0.1) is 11.3 Å². The molecule has 0 unspecified atom stereocenters. The predicted octanol–water partition coefficient (Wildman–Crippen LogP) is 1.61. The lowest BCUT2D eigenvalue weighted by molar-refractivity contribution is 0.0995. The van der Waals surface area contributed by atoms with E-state index in [0.29, 0.717) is 11.3 Å². The zero-order chi connectivity index (χ0) is 12.4. The maximum atomic E-state index is 10.9. The van der Waals surface area contributed by atoms with E-state index in [2.05, 4.69) is 27.1 Å². The van der Waals surface area contributed by atoms with Crippen LogP contribution in [-0.4, -0.2) is 15.7 Å². The second kappa shape index (κ2) is 4.39. The summed E-state index contributed by atoms with van der Waals surface area (Å²) in [4.78, 5) is 10.9. The minimum atomic E-state index is -0.598. The Morgan fingerprint density at radius 3 is 2.82 bits per heavy atom. The van der Waals surface area contributed by atoms with Gasteiger partial charge < -0.3 is 5.73 Å². The average molecular weight is 291 g/mol. The Morgan fingerprint density at radius 2 is 2.24 bits per heavy atom. The van der Waals surface area contributed by atoms with Crippen molar-refractivity contribution in [2.45, 2.75) is 0 Å². The van der Waals surface area contributed by atoms with Gasteiger partial charge in [0, 0.05) is 10.7 Å². The number of rotatable bonds is 2. The van der Waals surface area contributed by atoms with Gasteiger partial charge in [-0.1, -0.05) is 15.9 Å². The summed E-state index contributed by atoms with van der Waals surface area (Å²) in [6.07, 6.45) is 1.59. The van der Waals surface area contributed by atoms with Crippen LogP contribution in [0.25, 0.3) is 5.69 Å². The van der Waals surface area contributed by atoms with E-state index in [-0.39, 0.29) is 5.69 Å². The summed E-state index contributed by atoms with van der Waals surface area (Å²) in [6.45, 7) is 0. The molecular weight excluding hydrogens is 284 g/mol. The molecule has 0 atom stereocenters. The van der Waals surface area contributed by atoms with Gasteiger partial charge in [-0.05, 0) is 24.3 Å². The molecule has 0 fully saturated rings. The quantitative estimate of drug-likeness (QED) is 0.912. The minimum Gasteiger partial charge on any atom is -0.364 e. The lowest BCUT2D eigenvalue weighted by Gasteiger charge is -2.03. The molecule has 0 aliphatic rings. The van der Waals surface area contributed by atoms with E-state index in [9.17, 15) is 4.79 Å². The number of carbonyl (C=O) groups is 1. The monoisotopic (exact) mass is 290 g/mol. The van der Waals surface area contributed by atoms with Crippen LogP contribution in [0.5, 0.6) is 0 Å². The summed E-state index contributed by atoms with van der Waals surface area (Å²) in [7, 11) is 0. The van der Waals surface area contributed by atoms with Gasteiger partial charge in [-0.15, -0.1) is 0 Å². The highest BCUT2D eigenvalue weighted by Crippen LogP contribution is 2.19. The molecule has 6 heteroatoms. The van der Waals surface area contributed by atoms with Gasteiger partial charge in [-0.25, -0.2) is 4.68 Å². The highest BCUT2D eigenvalue weighted by Gasteiger charge is 2.09. The first-order chi connectivity index (χ1) is 8.11. The molecule has 2 aromatic rings. The van der Waals surface area contributed by atoms with Crippen molar-refractivity contribution in [3.8, 4) is 11.8 Å². The molecule has 0 spiro atoms. The molecule has 1 heterocycles. The molecule has 2 rings (SSSR count). The number of benzene rings is 1. The van der Waals surface area contributed by atoms with Crippen molar-refractivity contribution < 1.29 is 4.79 Å². The maximum Gasteiger partial charge on any atom is 0.269 e. The Hall–Kier alpha value is -2.13. The third kappa shape index (κ3) is 2.19. The van der Waals surface area contributed by atoms with E-state index in [1.165, 1.54) is 10.7 Å².